The van der Waals surface area contributed by atoms with Crippen molar-refractivity contribution >= 4 is 5.91 Å². The summed E-state index contributed by atoms with van der Waals surface area (Å²) < 4.78 is 39.4. The molecular formula is C13H20F3N5O. The SMILES string of the molecule is CCC(CC)(CN)C(=O)N1CCn2c(nnc2C(F)(F)F)C1. The lowest BCUT2D eigenvalue weighted by atomic mass is 9.81. The molecule has 6 nitrogen and oxygen atoms in total. The highest BCUT2D eigenvalue weighted by Crippen LogP contribution is 2.32. The normalized spacial score (nSPS) is 15.8. The number of alkyl halides is 3. The number of aromatic nitrogens is 3. The van der Waals surface area contributed by atoms with Crippen LogP contribution in [-0.4, -0.2) is 38.7 Å². The maximum Gasteiger partial charge on any atom is 0.451 e. The zero-order valence-corrected chi connectivity index (χ0v) is 12.7. The van der Waals surface area contributed by atoms with Crippen LogP contribution in [0.4, 0.5) is 13.2 Å². The number of hydrogen-bond donors (Lipinski definition) is 1. The van der Waals surface area contributed by atoms with Crippen LogP contribution in [0.25, 0.3) is 0 Å². The Bertz CT molecular complexity index is 542. The summed E-state index contributed by atoms with van der Waals surface area (Å²) in [7, 11) is 0. The minimum atomic E-state index is -4.54. The molecule has 0 saturated heterocycles. The van der Waals surface area contributed by atoms with Gasteiger partial charge in [0.15, 0.2) is 5.82 Å². The summed E-state index contributed by atoms with van der Waals surface area (Å²) >= 11 is 0. The van der Waals surface area contributed by atoms with Crippen LogP contribution in [0, 0.1) is 5.41 Å². The van der Waals surface area contributed by atoms with Gasteiger partial charge in [-0.25, -0.2) is 0 Å². The third-order valence-electron chi connectivity index (χ3n) is 4.49. The Morgan fingerprint density at radius 1 is 1.23 bits per heavy atom. The number of nitrogens with two attached hydrogens (primary N) is 1. The van der Waals surface area contributed by atoms with E-state index < -0.39 is 17.4 Å². The lowest BCUT2D eigenvalue weighted by Gasteiger charge is -2.37. The van der Waals surface area contributed by atoms with E-state index >= 15 is 0 Å². The predicted octanol–water partition coefficient (Wildman–Crippen LogP) is 1.40. The van der Waals surface area contributed by atoms with Gasteiger partial charge in [0, 0.05) is 19.6 Å². The molecule has 1 aromatic heterocycles. The van der Waals surface area contributed by atoms with E-state index in [0.717, 1.165) is 4.57 Å². The van der Waals surface area contributed by atoms with Crippen LogP contribution in [-0.2, 0) is 24.1 Å². The van der Waals surface area contributed by atoms with Crippen LogP contribution >= 0.6 is 0 Å². The van der Waals surface area contributed by atoms with Gasteiger partial charge in [-0.1, -0.05) is 13.8 Å². The first kappa shape index (κ1) is 16.7. The van der Waals surface area contributed by atoms with Crippen molar-refractivity contribution in [1.82, 2.24) is 19.7 Å². The van der Waals surface area contributed by atoms with Gasteiger partial charge in [0.2, 0.25) is 11.7 Å². The fraction of sp³-hybridized carbons (Fsp3) is 0.769. The van der Waals surface area contributed by atoms with E-state index in [0.29, 0.717) is 12.8 Å². The lowest BCUT2D eigenvalue weighted by molar-refractivity contribution is -0.149. The number of carbonyl (C=O) groups excluding carboxylic acids is 1. The topological polar surface area (TPSA) is 77.0 Å². The van der Waals surface area contributed by atoms with Crippen molar-refractivity contribution in [2.45, 2.75) is 46.0 Å². The van der Waals surface area contributed by atoms with Crippen molar-refractivity contribution in [3.63, 3.8) is 0 Å². The van der Waals surface area contributed by atoms with E-state index in [4.69, 9.17) is 5.73 Å². The molecule has 0 radical (unpaired) electrons. The number of nitrogens with zero attached hydrogens (tertiary/aromatic N) is 4. The first-order valence-electron chi connectivity index (χ1n) is 7.27. The number of carbonyl (C=O) groups is 1. The van der Waals surface area contributed by atoms with E-state index in [1.807, 2.05) is 13.8 Å². The lowest BCUT2D eigenvalue weighted by Crippen LogP contribution is -2.50. The van der Waals surface area contributed by atoms with Crippen molar-refractivity contribution in [3.8, 4) is 0 Å². The number of hydrogen-bond acceptors (Lipinski definition) is 4. The van der Waals surface area contributed by atoms with E-state index in [1.165, 1.54) is 4.90 Å². The second-order valence-corrected chi connectivity index (χ2v) is 5.51. The molecule has 9 heteroatoms. The molecule has 2 heterocycles. The number of fused-ring (bicyclic) bond motifs is 1. The summed E-state index contributed by atoms with van der Waals surface area (Å²) in [4.78, 5) is 14.2. The molecule has 0 unspecified atom stereocenters. The summed E-state index contributed by atoms with van der Waals surface area (Å²) in [5.74, 6) is -0.974. The summed E-state index contributed by atoms with van der Waals surface area (Å²) in [6, 6.07) is 0. The van der Waals surface area contributed by atoms with E-state index in [1.54, 1.807) is 0 Å². The van der Waals surface area contributed by atoms with Gasteiger partial charge in [0.1, 0.15) is 0 Å². The molecule has 22 heavy (non-hydrogen) atoms. The molecule has 0 aromatic carbocycles. The molecule has 124 valence electrons. The molecular weight excluding hydrogens is 299 g/mol. The van der Waals surface area contributed by atoms with Crippen molar-refractivity contribution in [3.05, 3.63) is 11.6 Å². The maximum atomic E-state index is 12.8. The van der Waals surface area contributed by atoms with Crippen LogP contribution in [0.5, 0.6) is 0 Å². The van der Waals surface area contributed by atoms with Gasteiger partial charge in [0.05, 0.1) is 12.0 Å². The molecule has 2 N–H and O–H groups in total. The molecule has 0 bridgehead atoms. The molecule has 1 aromatic rings. The molecule has 0 spiro atoms. The van der Waals surface area contributed by atoms with Crippen molar-refractivity contribution < 1.29 is 18.0 Å². The number of halogens is 3. The molecule has 2 rings (SSSR count). The van der Waals surface area contributed by atoms with Crippen LogP contribution < -0.4 is 5.73 Å². The predicted molar refractivity (Wildman–Crippen MR) is 72.5 cm³/mol. The van der Waals surface area contributed by atoms with E-state index in [2.05, 4.69) is 10.2 Å². The molecule has 1 aliphatic heterocycles. The highest BCUT2D eigenvalue weighted by Gasteiger charge is 2.42. The minimum Gasteiger partial charge on any atom is -0.333 e. The summed E-state index contributed by atoms with van der Waals surface area (Å²) in [6.07, 6.45) is -3.35. The monoisotopic (exact) mass is 319 g/mol. The highest BCUT2D eigenvalue weighted by molar-refractivity contribution is 5.83. The van der Waals surface area contributed by atoms with Gasteiger partial charge in [-0.05, 0) is 12.8 Å². The standard InChI is InChI=1S/C13H20F3N5O/c1-3-12(4-2,8-17)11(22)20-5-6-21-9(7-20)18-19-10(21)13(14,15)16/h3-8,17H2,1-2H3. The van der Waals surface area contributed by atoms with Gasteiger partial charge in [-0.3, -0.25) is 4.79 Å². The second-order valence-electron chi connectivity index (χ2n) is 5.51. The summed E-state index contributed by atoms with van der Waals surface area (Å²) in [5.41, 5.74) is 5.11. The molecule has 0 saturated carbocycles. The van der Waals surface area contributed by atoms with Gasteiger partial charge < -0.3 is 15.2 Å². The Labute approximate surface area is 126 Å². The maximum absolute atomic E-state index is 12.8. The van der Waals surface area contributed by atoms with Gasteiger partial charge in [0.25, 0.3) is 0 Å². The van der Waals surface area contributed by atoms with Crippen LogP contribution in [0.2, 0.25) is 0 Å². The van der Waals surface area contributed by atoms with Crippen molar-refractivity contribution in [2.75, 3.05) is 13.1 Å². The first-order chi connectivity index (χ1) is 10.3. The Balaban J connectivity index is 2.23. The Kier molecular flexibility index (Phi) is 4.46. The first-order valence-corrected chi connectivity index (χ1v) is 7.27. The van der Waals surface area contributed by atoms with Crippen molar-refractivity contribution in [1.29, 1.82) is 0 Å². The zero-order valence-electron chi connectivity index (χ0n) is 12.7. The van der Waals surface area contributed by atoms with Crippen LogP contribution in [0.15, 0.2) is 0 Å². The highest BCUT2D eigenvalue weighted by atomic mass is 19.4. The van der Waals surface area contributed by atoms with Gasteiger partial charge in [-0.15, -0.1) is 10.2 Å². The average Bonchev–Trinajstić information content (AvgIpc) is 2.92. The largest absolute Gasteiger partial charge is 0.451 e. The summed E-state index contributed by atoms with van der Waals surface area (Å²) in [6.45, 7) is 4.27. The smallest absolute Gasteiger partial charge is 0.333 e. The minimum absolute atomic E-state index is 0.0314. The van der Waals surface area contributed by atoms with E-state index in [-0.39, 0.29) is 37.9 Å². The zero-order chi connectivity index (χ0) is 16.5. The van der Waals surface area contributed by atoms with Crippen LogP contribution in [0.1, 0.15) is 38.3 Å². The molecule has 1 amide bonds. The Morgan fingerprint density at radius 2 is 1.86 bits per heavy atom. The third kappa shape index (κ3) is 2.69. The quantitative estimate of drug-likeness (QED) is 0.910. The fourth-order valence-corrected chi connectivity index (χ4v) is 2.80. The second kappa shape index (κ2) is 5.86. The fourth-order valence-electron chi connectivity index (χ4n) is 2.80. The van der Waals surface area contributed by atoms with E-state index in [9.17, 15) is 18.0 Å². The molecule has 0 fully saturated rings. The third-order valence-corrected chi connectivity index (χ3v) is 4.49. The number of amides is 1. The Morgan fingerprint density at radius 3 is 2.36 bits per heavy atom. The number of rotatable bonds is 4. The average molecular weight is 319 g/mol. The molecule has 0 atom stereocenters. The van der Waals surface area contributed by atoms with Crippen molar-refractivity contribution in [2.24, 2.45) is 11.1 Å². The van der Waals surface area contributed by atoms with Gasteiger partial charge >= 0.3 is 6.18 Å². The van der Waals surface area contributed by atoms with Gasteiger partial charge in [-0.2, -0.15) is 13.2 Å². The van der Waals surface area contributed by atoms with Crippen LogP contribution in [0.3, 0.4) is 0 Å². The summed E-state index contributed by atoms with van der Waals surface area (Å²) in [5, 5.41) is 6.79. The Hall–Kier alpha value is -1.64. The molecule has 0 aliphatic carbocycles. The molecule has 1 aliphatic rings.